The van der Waals surface area contributed by atoms with Gasteiger partial charge >= 0.3 is 0 Å². The summed E-state index contributed by atoms with van der Waals surface area (Å²) in [6.45, 7) is 4.77. The summed E-state index contributed by atoms with van der Waals surface area (Å²) in [6, 6.07) is 19.8. The molecule has 0 aromatic heterocycles. The van der Waals surface area contributed by atoms with E-state index < -0.39 is 0 Å². The molecule has 1 saturated heterocycles. The normalized spacial score (nSPS) is 13.6. The van der Waals surface area contributed by atoms with E-state index in [0.29, 0.717) is 35.0 Å². The Kier molecular flexibility index (Phi) is 10.2. The van der Waals surface area contributed by atoms with E-state index in [4.69, 9.17) is 14.2 Å². The van der Waals surface area contributed by atoms with Gasteiger partial charge in [0.2, 0.25) is 0 Å². The fourth-order valence-electron chi connectivity index (χ4n) is 3.62. The molecular formula is C28H29BrN2O4S2. The number of nitrogens with one attached hydrogen (secondary N) is 1. The molecule has 1 fully saturated rings. The van der Waals surface area contributed by atoms with E-state index in [0.717, 1.165) is 15.6 Å². The Balaban J connectivity index is 1.30. The van der Waals surface area contributed by atoms with Crippen molar-refractivity contribution in [3.05, 3.63) is 87.4 Å². The number of nitrogens with zero attached hydrogens (tertiary/aromatic N) is 1. The molecule has 9 heteroatoms. The second-order valence-corrected chi connectivity index (χ2v) is 11.8. The van der Waals surface area contributed by atoms with Gasteiger partial charge in [0.05, 0.1) is 17.4 Å². The first kappa shape index (κ1) is 27.4. The maximum absolute atomic E-state index is 12.2. The Morgan fingerprint density at radius 3 is 2.54 bits per heavy atom. The zero-order valence-electron chi connectivity index (χ0n) is 20.7. The number of rotatable bonds is 11. The van der Waals surface area contributed by atoms with E-state index in [1.807, 2.05) is 66.8 Å². The van der Waals surface area contributed by atoms with Crippen LogP contribution >= 0.6 is 39.5 Å². The standard InChI is InChI=1S/C28H29BrN2O4S2/c1-3-33-25-14-22(24(29)15-26(25)35-17-20-6-4-5-19(2)13-20)16-30-31-27(32)18-34-23-9-7-21(8-10-23)28-36-11-12-37-28/h4-10,13-16,28H,3,11-12,17-18H2,1-2H3,(H,31,32)/b30-16-. The van der Waals surface area contributed by atoms with Crippen LogP contribution in [0.25, 0.3) is 0 Å². The van der Waals surface area contributed by atoms with Gasteiger partial charge in [0.1, 0.15) is 12.4 Å². The monoisotopic (exact) mass is 600 g/mol. The summed E-state index contributed by atoms with van der Waals surface area (Å²) in [5.41, 5.74) is 6.79. The molecule has 37 heavy (non-hydrogen) atoms. The second kappa shape index (κ2) is 13.8. The lowest BCUT2D eigenvalue weighted by Gasteiger charge is -2.14. The Labute approximate surface area is 234 Å². The van der Waals surface area contributed by atoms with Crippen LogP contribution in [0.5, 0.6) is 17.2 Å². The molecule has 1 N–H and O–H groups in total. The summed E-state index contributed by atoms with van der Waals surface area (Å²) in [4.78, 5) is 12.2. The van der Waals surface area contributed by atoms with Gasteiger partial charge in [-0.15, -0.1) is 23.5 Å². The minimum atomic E-state index is -0.346. The van der Waals surface area contributed by atoms with Crippen LogP contribution in [0.3, 0.4) is 0 Å². The molecule has 0 unspecified atom stereocenters. The number of aryl methyl sites for hydroxylation is 1. The number of thioether (sulfide) groups is 2. The van der Waals surface area contributed by atoms with Gasteiger partial charge in [0, 0.05) is 21.5 Å². The van der Waals surface area contributed by atoms with Crippen LogP contribution in [0.4, 0.5) is 0 Å². The summed E-state index contributed by atoms with van der Waals surface area (Å²) in [5, 5.41) is 4.08. The van der Waals surface area contributed by atoms with Gasteiger partial charge in [-0.1, -0.05) is 42.0 Å². The summed E-state index contributed by atoms with van der Waals surface area (Å²) in [5.74, 6) is 3.91. The van der Waals surface area contributed by atoms with Crippen LogP contribution < -0.4 is 19.6 Å². The van der Waals surface area contributed by atoms with E-state index in [1.54, 1.807) is 6.21 Å². The zero-order valence-corrected chi connectivity index (χ0v) is 24.0. The highest BCUT2D eigenvalue weighted by atomic mass is 79.9. The molecule has 1 amide bonds. The molecule has 6 nitrogen and oxygen atoms in total. The van der Waals surface area contributed by atoms with E-state index >= 15 is 0 Å². The Morgan fingerprint density at radius 1 is 1.05 bits per heavy atom. The van der Waals surface area contributed by atoms with Gasteiger partial charge in [-0.3, -0.25) is 4.79 Å². The molecule has 3 aromatic rings. The van der Waals surface area contributed by atoms with Crippen molar-refractivity contribution in [2.45, 2.75) is 25.0 Å². The smallest absolute Gasteiger partial charge is 0.277 e. The van der Waals surface area contributed by atoms with Gasteiger partial charge in [-0.2, -0.15) is 5.10 Å². The van der Waals surface area contributed by atoms with Crippen molar-refractivity contribution in [3.8, 4) is 17.2 Å². The quantitative estimate of drug-likeness (QED) is 0.194. The number of hydrogen-bond donors (Lipinski definition) is 1. The predicted octanol–water partition coefficient (Wildman–Crippen LogP) is 6.74. The van der Waals surface area contributed by atoms with Crippen LogP contribution in [0.15, 0.2) is 70.2 Å². The summed E-state index contributed by atoms with van der Waals surface area (Å²) < 4.78 is 18.7. The summed E-state index contributed by atoms with van der Waals surface area (Å²) in [6.07, 6.45) is 1.56. The zero-order chi connectivity index (χ0) is 26.0. The van der Waals surface area contributed by atoms with Crippen molar-refractivity contribution in [1.29, 1.82) is 0 Å². The maximum atomic E-state index is 12.2. The number of hydrazone groups is 1. The molecule has 1 aliphatic heterocycles. The third-order valence-corrected chi connectivity index (χ3v) is 9.17. The van der Waals surface area contributed by atoms with E-state index in [9.17, 15) is 4.79 Å². The molecule has 1 aliphatic rings. The van der Waals surface area contributed by atoms with E-state index in [-0.39, 0.29) is 12.5 Å². The Bertz CT molecular complexity index is 1230. The average Bonchev–Trinajstić information content (AvgIpc) is 3.44. The number of halogens is 1. The van der Waals surface area contributed by atoms with Gasteiger partial charge < -0.3 is 14.2 Å². The number of ether oxygens (including phenoxy) is 3. The fourth-order valence-corrected chi connectivity index (χ4v) is 6.91. The molecule has 0 radical (unpaired) electrons. The van der Waals surface area contributed by atoms with Gasteiger partial charge in [-0.25, -0.2) is 5.43 Å². The van der Waals surface area contributed by atoms with Gasteiger partial charge in [-0.05, 0) is 65.2 Å². The van der Waals surface area contributed by atoms with Gasteiger partial charge in [0.15, 0.2) is 18.1 Å². The average molecular weight is 602 g/mol. The number of amides is 1. The highest BCUT2D eigenvalue weighted by Gasteiger charge is 2.18. The van der Waals surface area contributed by atoms with Crippen LogP contribution in [0.2, 0.25) is 0 Å². The number of carbonyl (C=O) groups excluding carboxylic acids is 1. The predicted molar refractivity (Wildman–Crippen MR) is 156 cm³/mol. The number of benzene rings is 3. The maximum Gasteiger partial charge on any atom is 0.277 e. The van der Waals surface area contributed by atoms with E-state index in [1.165, 1.54) is 22.6 Å². The topological polar surface area (TPSA) is 69.2 Å². The summed E-state index contributed by atoms with van der Waals surface area (Å²) in [7, 11) is 0. The van der Waals surface area contributed by atoms with Crippen molar-refractivity contribution in [2.75, 3.05) is 24.7 Å². The van der Waals surface area contributed by atoms with Crippen molar-refractivity contribution >= 4 is 51.6 Å². The largest absolute Gasteiger partial charge is 0.490 e. The highest BCUT2D eigenvalue weighted by molar-refractivity contribution is 9.10. The SMILES string of the molecule is CCOc1cc(/C=N\NC(=O)COc2ccc(C3SCCS3)cc2)c(Br)cc1OCc1cccc(C)c1. The van der Waals surface area contributed by atoms with Crippen molar-refractivity contribution in [2.24, 2.45) is 5.10 Å². The molecule has 0 aliphatic carbocycles. The first-order chi connectivity index (χ1) is 18.0. The minimum absolute atomic E-state index is 0.124. The molecule has 0 saturated carbocycles. The molecule has 194 valence electrons. The van der Waals surface area contributed by atoms with Crippen molar-refractivity contribution < 1.29 is 19.0 Å². The molecular weight excluding hydrogens is 572 g/mol. The highest BCUT2D eigenvalue weighted by Crippen LogP contribution is 2.45. The number of carbonyl (C=O) groups is 1. The first-order valence-electron chi connectivity index (χ1n) is 11.9. The molecule has 3 aromatic carbocycles. The van der Waals surface area contributed by atoms with Crippen LogP contribution in [-0.2, 0) is 11.4 Å². The molecule has 0 spiro atoms. The Morgan fingerprint density at radius 2 is 1.81 bits per heavy atom. The molecule has 1 heterocycles. The third kappa shape index (κ3) is 8.18. The van der Waals surface area contributed by atoms with Crippen LogP contribution in [0, 0.1) is 6.92 Å². The fraction of sp³-hybridized carbons (Fsp3) is 0.286. The lowest BCUT2D eigenvalue weighted by atomic mass is 10.1. The summed E-state index contributed by atoms with van der Waals surface area (Å²) >= 11 is 7.48. The molecule has 0 atom stereocenters. The third-order valence-electron chi connectivity index (χ3n) is 5.38. The van der Waals surface area contributed by atoms with Crippen molar-refractivity contribution in [3.63, 3.8) is 0 Å². The van der Waals surface area contributed by atoms with Crippen LogP contribution in [-0.4, -0.2) is 36.8 Å². The Hall–Kier alpha value is -2.62. The second-order valence-electron chi connectivity index (χ2n) is 8.26. The van der Waals surface area contributed by atoms with Gasteiger partial charge in [0.25, 0.3) is 5.91 Å². The first-order valence-corrected chi connectivity index (χ1v) is 14.8. The number of hydrogen-bond acceptors (Lipinski definition) is 7. The van der Waals surface area contributed by atoms with E-state index in [2.05, 4.69) is 57.6 Å². The van der Waals surface area contributed by atoms with Crippen LogP contribution in [0.1, 0.15) is 33.8 Å². The molecule has 0 bridgehead atoms. The van der Waals surface area contributed by atoms with Crippen molar-refractivity contribution in [1.82, 2.24) is 5.43 Å². The lowest BCUT2D eigenvalue weighted by molar-refractivity contribution is -0.123. The molecule has 4 rings (SSSR count). The minimum Gasteiger partial charge on any atom is -0.490 e. The lowest BCUT2D eigenvalue weighted by Crippen LogP contribution is -2.24.